The van der Waals surface area contributed by atoms with Crippen LogP contribution >= 0.6 is 31.9 Å². The van der Waals surface area contributed by atoms with Crippen molar-refractivity contribution in [3.8, 4) is 0 Å². The van der Waals surface area contributed by atoms with E-state index in [1.165, 1.54) is 12.1 Å². The smallest absolute Gasteiger partial charge is 0.307 e. The second-order valence-electron chi connectivity index (χ2n) is 2.74. The molecule has 0 heterocycles. The first-order chi connectivity index (χ1) is 6.91. The van der Waals surface area contributed by atoms with E-state index in [1.807, 2.05) is 0 Å². The maximum Gasteiger partial charge on any atom is 0.307 e. The molecule has 1 aromatic rings. The highest BCUT2D eigenvalue weighted by atomic mass is 79.9. The third-order valence-electron chi connectivity index (χ3n) is 1.62. The monoisotopic (exact) mass is 337 g/mol. The highest BCUT2D eigenvalue weighted by Gasteiger charge is 2.17. The van der Waals surface area contributed by atoms with Crippen molar-refractivity contribution in [1.82, 2.24) is 0 Å². The van der Waals surface area contributed by atoms with Gasteiger partial charge in [-0.1, -0.05) is 0 Å². The minimum absolute atomic E-state index is 0.152. The Balaban J connectivity index is 3.23. The molecule has 1 rings (SSSR count). The SMILES string of the molecule is O=C(O)Cc1cc(Br)c(Br)c([N+](=O)[O-])c1. The van der Waals surface area contributed by atoms with Crippen LogP contribution in [0, 0.1) is 10.1 Å². The molecule has 0 saturated carbocycles. The quantitative estimate of drug-likeness (QED) is 0.678. The zero-order chi connectivity index (χ0) is 11.6. The second kappa shape index (κ2) is 4.71. The van der Waals surface area contributed by atoms with Gasteiger partial charge >= 0.3 is 5.97 Å². The number of rotatable bonds is 3. The molecule has 15 heavy (non-hydrogen) atoms. The number of nitro benzene ring substituents is 1. The van der Waals surface area contributed by atoms with Gasteiger partial charge in [-0.05, 0) is 43.5 Å². The van der Waals surface area contributed by atoms with Crippen molar-refractivity contribution >= 4 is 43.5 Å². The summed E-state index contributed by atoms with van der Waals surface area (Å²) in [5.41, 5.74) is 0.227. The van der Waals surface area contributed by atoms with Crippen LogP contribution in [0.3, 0.4) is 0 Å². The van der Waals surface area contributed by atoms with E-state index in [9.17, 15) is 14.9 Å². The lowest BCUT2D eigenvalue weighted by atomic mass is 10.1. The van der Waals surface area contributed by atoms with Crippen molar-refractivity contribution in [3.05, 3.63) is 36.8 Å². The molecule has 1 aromatic carbocycles. The van der Waals surface area contributed by atoms with Crippen molar-refractivity contribution in [2.75, 3.05) is 0 Å². The van der Waals surface area contributed by atoms with Crippen molar-refractivity contribution in [3.63, 3.8) is 0 Å². The van der Waals surface area contributed by atoms with Crippen molar-refractivity contribution in [2.45, 2.75) is 6.42 Å². The molecule has 80 valence electrons. The van der Waals surface area contributed by atoms with E-state index in [0.29, 0.717) is 14.5 Å². The average molecular weight is 339 g/mol. The fourth-order valence-corrected chi connectivity index (χ4v) is 1.91. The van der Waals surface area contributed by atoms with Gasteiger partial charge in [-0.2, -0.15) is 0 Å². The van der Waals surface area contributed by atoms with Crippen LogP contribution in [0.15, 0.2) is 21.1 Å². The van der Waals surface area contributed by atoms with Gasteiger partial charge in [-0.25, -0.2) is 0 Å². The number of hydrogen-bond donors (Lipinski definition) is 1. The number of carbonyl (C=O) groups is 1. The van der Waals surface area contributed by atoms with E-state index in [4.69, 9.17) is 5.11 Å². The van der Waals surface area contributed by atoms with Gasteiger partial charge in [0, 0.05) is 10.5 Å². The van der Waals surface area contributed by atoms with Gasteiger partial charge in [-0.15, -0.1) is 0 Å². The summed E-state index contributed by atoms with van der Waals surface area (Å²) in [4.78, 5) is 20.5. The fourth-order valence-electron chi connectivity index (χ4n) is 1.04. The van der Waals surface area contributed by atoms with Gasteiger partial charge in [0.1, 0.15) is 4.47 Å². The van der Waals surface area contributed by atoms with E-state index < -0.39 is 10.9 Å². The number of hydrogen-bond acceptors (Lipinski definition) is 3. The number of halogens is 2. The summed E-state index contributed by atoms with van der Waals surface area (Å²) in [7, 11) is 0. The predicted octanol–water partition coefficient (Wildman–Crippen LogP) is 2.75. The third kappa shape index (κ3) is 3.00. The summed E-state index contributed by atoms with van der Waals surface area (Å²) >= 11 is 6.16. The van der Waals surface area contributed by atoms with Gasteiger partial charge in [0.05, 0.1) is 11.3 Å². The number of carboxylic acid groups (broad SMARTS) is 1. The average Bonchev–Trinajstić information content (AvgIpc) is 2.09. The van der Waals surface area contributed by atoms with E-state index in [2.05, 4.69) is 31.9 Å². The van der Waals surface area contributed by atoms with Gasteiger partial charge < -0.3 is 5.11 Å². The van der Waals surface area contributed by atoms with Crippen LogP contribution in [0.2, 0.25) is 0 Å². The Morgan fingerprint density at radius 3 is 2.53 bits per heavy atom. The summed E-state index contributed by atoms with van der Waals surface area (Å²) in [6.07, 6.45) is -0.243. The molecule has 0 bridgehead atoms. The first kappa shape index (κ1) is 12.1. The van der Waals surface area contributed by atoms with E-state index in [0.717, 1.165) is 0 Å². The highest BCUT2D eigenvalue weighted by molar-refractivity contribution is 9.13. The van der Waals surface area contributed by atoms with Crippen LogP contribution in [0.5, 0.6) is 0 Å². The van der Waals surface area contributed by atoms with E-state index in [1.54, 1.807) is 0 Å². The standard InChI is InChI=1S/C8H5Br2NO4/c9-5-1-4(3-7(12)13)2-6(8(5)10)11(14)15/h1-2H,3H2,(H,12,13). The van der Waals surface area contributed by atoms with E-state index >= 15 is 0 Å². The number of nitrogens with zero attached hydrogens (tertiary/aromatic N) is 1. The molecule has 0 fully saturated rings. The molecule has 0 radical (unpaired) electrons. The Morgan fingerprint density at radius 1 is 1.47 bits per heavy atom. The Kier molecular flexibility index (Phi) is 3.81. The zero-order valence-electron chi connectivity index (χ0n) is 7.24. The summed E-state index contributed by atoms with van der Waals surface area (Å²) in [6.45, 7) is 0. The third-order valence-corrected chi connectivity index (χ3v) is 3.61. The maximum absolute atomic E-state index is 10.6. The first-order valence-electron chi connectivity index (χ1n) is 3.76. The predicted molar refractivity (Wildman–Crippen MR) is 59.8 cm³/mol. The lowest BCUT2D eigenvalue weighted by Crippen LogP contribution is -2.01. The van der Waals surface area contributed by atoms with Crippen LogP contribution in [-0.2, 0) is 11.2 Å². The van der Waals surface area contributed by atoms with Gasteiger partial charge in [0.25, 0.3) is 5.69 Å². The molecule has 1 N–H and O–H groups in total. The van der Waals surface area contributed by atoms with Crippen LogP contribution in [-0.4, -0.2) is 16.0 Å². The molecule has 0 atom stereocenters. The Morgan fingerprint density at radius 2 is 2.07 bits per heavy atom. The number of aliphatic carboxylic acids is 1. The first-order valence-corrected chi connectivity index (χ1v) is 5.34. The van der Waals surface area contributed by atoms with Crippen molar-refractivity contribution in [2.24, 2.45) is 0 Å². The number of nitro groups is 1. The molecule has 0 aliphatic carbocycles. The Hall–Kier alpha value is -0.950. The molecule has 0 aliphatic rings. The Labute approximate surface area is 102 Å². The molecule has 0 aliphatic heterocycles. The molecular formula is C8H5Br2NO4. The molecule has 5 nitrogen and oxygen atoms in total. The van der Waals surface area contributed by atoms with Gasteiger partial charge in [0.15, 0.2) is 0 Å². The summed E-state index contributed by atoms with van der Waals surface area (Å²) < 4.78 is 0.773. The van der Waals surface area contributed by atoms with E-state index in [-0.39, 0.29) is 12.1 Å². The van der Waals surface area contributed by atoms with Crippen LogP contribution in [0.4, 0.5) is 5.69 Å². The lowest BCUT2D eigenvalue weighted by Gasteiger charge is -2.02. The van der Waals surface area contributed by atoms with Gasteiger partial charge in [0.2, 0.25) is 0 Å². The minimum Gasteiger partial charge on any atom is -0.481 e. The largest absolute Gasteiger partial charge is 0.481 e. The van der Waals surface area contributed by atoms with Gasteiger partial charge in [-0.3, -0.25) is 14.9 Å². The van der Waals surface area contributed by atoms with Crippen molar-refractivity contribution in [1.29, 1.82) is 0 Å². The maximum atomic E-state index is 10.6. The van der Waals surface area contributed by atoms with Crippen LogP contribution in [0.25, 0.3) is 0 Å². The molecule has 0 saturated heterocycles. The topological polar surface area (TPSA) is 80.4 Å². The molecule has 7 heteroatoms. The summed E-state index contributed by atoms with van der Waals surface area (Å²) in [5, 5.41) is 19.2. The second-order valence-corrected chi connectivity index (χ2v) is 4.39. The Bertz CT molecular complexity index is 433. The zero-order valence-corrected chi connectivity index (χ0v) is 10.4. The molecule has 0 aromatic heterocycles. The number of benzene rings is 1. The lowest BCUT2D eigenvalue weighted by molar-refractivity contribution is -0.385. The molecular weight excluding hydrogens is 334 g/mol. The molecule has 0 spiro atoms. The fraction of sp³-hybridized carbons (Fsp3) is 0.125. The minimum atomic E-state index is -1.03. The van der Waals surface area contributed by atoms with Crippen LogP contribution in [0.1, 0.15) is 5.56 Å². The summed E-state index contributed by atoms with van der Waals surface area (Å²) in [6, 6.07) is 2.77. The van der Waals surface area contributed by atoms with Crippen LogP contribution < -0.4 is 0 Å². The summed E-state index contributed by atoms with van der Waals surface area (Å²) in [5.74, 6) is -1.03. The normalized spacial score (nSPS) is 10.0. The highest BCUT2D eigenvalue weighted by Crippen LogP contribution is 2.33. The van der Waals surface area contributed by atoms with Crippen molar-refractivity contribution < 1.29 is 14.8 Å². The number of carboxylic acids is 1. The molecule has 0 unspecified atom stereocenters. The molecule has 0 amide bonds.